The fourth-order valence-electron chi connectivity index (χ4n) is 4.65. The van der Waals surface area contributed by atoms with Gasteiger partial charge in [0.1, 0.15) is 5.82 Å². The van der Waals surface area contributed by atoms with Crippen molar-refractivity contribution in [2.45, 2.75) is 25.8 Å². The van der Waals surface area contributed by atoms with E-state index >= 15 is 0 Å². The second-order valence-electron chi connectivity index (χ2n) is 9.27. The summed E-state index contributed by atoms with van der Waals surface area (Å²) in [6, 6.07) is 27.4. The summed E-state index contributed by atoms with van der Waals surface area (Å²) in [6.45, 7) is 0.701. The fraction of sp³-hybridized carbons (Fsp3) is 0.194. The molecular weight excluding hydrogens is 472 g/mol. The Labute approximate surface area is 221 Å². The van der Waals surface area contributed by atoms with Gasteiger partial charge in [-0.25, -0.2) is 4.98 Å². The maximum atomic E-state index is 13.6. The molecular formula is C31H26N6O. The van der Waals surface area contributed by atoms with Crippen molar-refractivity contribution in [1.82, 2.24) is 19.4 Å². The molecule has 38 heavy (non-hydrogen) atoms. The predicted octanol–water partition coefficient (Wildman–Crippen LogP) is 5.33. The molecule has 5 rings (SSSR count). The van der Waals surface area contributed by atoms with E-state index in [9.17, 15) is 10.1 Å². The van der Waals surface area contributed by atoms with Crippen LogP contribution < -0.4 is 0 Å². The molecule has 0 saturated carbocycles. The third kappa shape index (κ3) is 5.23. The van der Waals surface area contributed by atoms with Gasteiger partial charge in [0.25, 0.3) is 5.91 Å². The summed E-state index contributed by atoms with van der Waals surface area (Å²) >= 11 is 0. The van der Waals surface area contributed by atoms with Gasteiger partial charge in [0.05, 0.1) is 40.7 Å². The number of hydrogen-bond donors (Lipinski definition) is 0. The highest BCUT2D eigenvalue weighted by atomic mass is 16.2. The minimum atomic E-state index is -0.139. The van der Waals surface area contributed by atoms with Crippen molar-refractivity contribution >= 4 is 27.8 Å². The number of amides is 1. The number of pyridine rings is 1. The number of rotatable bonds is 8. The van der Waals surface area contributed by atoms with E-state index in [-0.39, 0.29) is 12.3 Å². The van der Waals surface area contributed by atoms with Gasteiger partial charge in [-0.15, -0.1) is 0 Å². The molecule has 0 N–H and O–H groups in total. The number of aryl methyl sites for hydroxylation is 3. The summed E-state index contributed by atoms with van der Waals surface area (Å²) in [7, 11) is 1.98. The summed E-state index contributed by atoms with van der Waals surface area (Å²) in [5.74, 6) is 0.789. The molecule has 0 aliphatic rings. The minimum absolute atomic E-state index is 0.139. The molecule has 186 valence electrons. The van der Waals surface area contributed by atoms with E-state index < -0.39 is 0 Å². The van der Waals surface area contributed by atoms with Crippen molar-refractivity contribution < 1.29 is 4.79 Å². The smallest absolute Gasteiger partial charge is 0.254 e. The lowest BCUT2D eigenvalue weighted by molar-refractivity contribution is 0.0747. The number of para-hydroxylation sites is 1. The molecule has 5 aromatic rings. The highest BCUT2D eigenvalue weighted by Crippen LogP contribution is 2.21. The highest BCUT2D eigenvalue weighted by molar-refractivity contribution is 5.97. The van der Waals surface area contributed by atoms with Crippen LogP contribution in [0.4, 0.5) is 0 Å². The number of aromatic nitrogens is 3. The summed E-state index contributed by atoms with van der Waals surface area (Å²) in [4.78, 5) is 24.6. The van der Waals surface area contributed by atoms with E-state index in [0.717, 1.165) is 51.7 Å². The van der Waals surface area contributed by atoms with Gasteiger partial charge in [0.15, 0.2) is 0 Å². The van der Waals surface area contributed by atoms with Gasteiger partial charge in [0, 0.05) is 43.7 Å². The van der Waals surface area contributed by atoms with Gasteiger partial charge in [0.2, 0.25) is 0 Å². The second-order valence-corrected chi connectivity index (χ2v) is 9.27. The molecule has 1 amide bonds. The second kappa shape index (κ2) is 10.9. The fourth-order valence-corrected chi connectivity index (χ4v) is 4.65. The summed E-state index contributed by atoms with van der Waals surface area (Å²) in [6.07, 6.45) is 3.58. The van der Waals surface area contributed by atoms with Gasteiger partial charge in [-0.1, -0.05) is 30.3 Å². The Balaban J connectivity index is 1.36. The Bertz CT molecular complexity index is 1710. The number of fused-ring (bicyclic) bond motifs is 2. The number of benzene rings is 3. The van der Waals surface area contributed by atoms with Crippen LogP contribution in [0.1, 0.15) is 39.3 Å². The van der Waals surface area contributed by atoms with Gasteiger partial charge in [-0.05, 0) is 60.0 Å². The van der Waals surface area contributed by atoms with Gasteiger partial charge < -0.3 is 9.47 Å². The Hall–Kier alpha value is -5.01. The van der Waals surface area contributed by atoms with Crippen molar-refractivity contribution in [3.63, 3.8) is 0 Å². The van der Waals surface area contributed by atoms with Crippen molar-refractivity contribution in [2.75, 3.05) is 6.54 Å². The molecule has 2 aromatic heterocycles. The molecule has 0 radical (unpaired) electrons. The SMILES string of the molecule is Cn1c(CCc2ccc(C#N)cc2)nc2cc(C(=O)N(CCC#N)Cc3cnc4ccccc4c3)ccc21. The first-order valence-corrected chi connectivity index (χ1v) is 12.5. The van der Waals surface area contributed by atoms with E-state index in [0.29, 0.717) is 24.2 Å². The molecule has 0 aliphatic heterocycles. The highest BCUT2D eigenvalue weighted by Gasteiger charge is 2.18. The van der Waals surface area contributed by atoms with Crippen molar-refractivity contribution in [3.8, 4) is 12.1 Å². The maximum Gasteiger partial charge on any atom is 0.254 e. The molecule has 0 saturated heterocycles. The van der Waals surface area contributed by atoms with Crippen LogP contribution in [0.25, 0.3) is 21.9 Å². The van der Waals surface area contributed by atoms with Gasteiger partial charge in [-0.2, -0.15) is 10.5 Å². The van der Waals surface area contributed by atoms with Gasteiger partial charge in [-0.3, -0.25) is 9.78 Å². The molecule has 7 nitrogen and oxygen atoms in total. The van der Waals surface area contributed by atoms with Crippen LogP contribution in [0.15, 0.2) is 79.0 Å². The molecule has 7 heteroatoms. The summed E-state index contributed by atoms with van der Waals surface area (Å²) < 4.78 is 2.06. The first kappa shape index (κ1) is 24.7. The largest absolute Gasteiger partial charge is 0.333 e. The lowest BCUT2D eigenvalue weighted by Crippen LogP contribution is -2.31. The molecule has 2 heterocycles. The van der Waals surface area contributed by atoms with E-state index in [2.05, 4.69) is 21.7 Å². The molecule has 0 spiro atoms. The average molecular weight is 499 g/mol. The van der Waals surface area contributed by atoms with Crippen LogP contribution in [0.3, 0.4) is 0 Å². The summed E-state index contributed by atoms with van der Waals surface area (Å²) in [5, 5.41) is 19.2. The number of imidazole rings is 1. The van der Waals surface area contributed by atoms with E-state index in [1.807, 2.05) is 79.8 Å². The third-order valence-electron chi connectivity index (χ3n) is 6.74. The molecule has 3 aromatic carbocycles. The first-order valence-electron chi connectivity index (χ1n) is 12.5. The Morgan fingerprint density at radius 1 is 0.947 bits per heavy atom. The quantitative estimate of drug-likeness (QED) is 0.288. The Kier molecular flexibility index (Phi) is 7.10. The van der Waals surface area contributed by atoms with Crippen LogP contribution in [-0.2, 0) is 26.4 Å². The van der Waals surface area contributed by atoms with Crippen LogP contribution in [-0.4, -0.2) is 31.9 Å². The zero-order valence-corrected chi connectivity index (χ0v) is 21.1. The normalized spacial score (nSPS) is 10.8. The van der Waals surface area contributed by atoms with Crippen LogP contribution in [0, 0.1) is 22.7 Å². The molecule has 0 unspecified atom stereocenters. The number of carbonyl (C=O) groups is 1. The van der Waals surface area contributed by atoms with Gasteiger partial charge >= 0.3 is 0 Å². The topological polar surface area (TPSA) is 98.6 Å². The molecule has 0 bridgehead atoms. The average Bonchev–Trinajstić information content (AvgIpc) is 3.28. The third-order valence-corrected chi connectivity index (χ3v) is 6.74. The summed E-state index contributed by atoms with van der Waals surface area (Å²) in [5.41, 5.74) is 5.87. The van der Waals surface area contributed by atoms with E-state index in [4.69, 9.17) is 10.2 Å². The molecule has 0 fully saturated rings. The zero-order valence-electron chi connectivity index (χ0n) is 21.1. The first-order chi connectivity index (χ1) is 18.6. The lowest BCUT2D eigenvalue weighted by Gasteiger charge is -2.22. The van der Waals surface area contributed by atoms with Crippen molar-refractivity contribution in [3.05, 3.63) is 107 Å². The van der Waals surface area contributed by atoms with E-state index in [1.54, 1.807) is 11.1 Å². The van der Waals surface area contributed by atoms with Crippen molar-refractivity contribution in [2.24, 2.45) is 7.05 Å². The standard InChI is InChI=1S/C31H26N6O/c1-36-29-13-12-26(18-28(29)35-30(36)14-11-22-7-9-23(19-33)10-8-22)31(38)37(16-4-15-32)21-24-17-25-5-2-3-6-27(25)34-20-24/h2-3,5-10,12-13,17-18,20H,4,11,14,16,21H2,1H3. The number of nitriles is 2. The van der Waals surface area contributed by atoms with Crippen LogP contribution in [0.2, 0.25) is 0 Å². The number of carbonyl (C=O) groups excluding carboxylic acids is 1. The maximum absolute atomic E-state index is 13.6. The predicted molar refractivity (Wildman–Crippen MR) is 146 cm³/mol. The number of nitrogens with zero attached hydrogens (tertiary/aromatic N) is 6. The number of hydrogen-bond acceptors (Lipinski definition) is 5. The van der Waals surface area contributed by atoms with Crippen LogP contribution >= 0.6 is 0 Å². The Morgan fingerprint density at radius 3 is 2.55 bits per heavy atom. The monoisotopic (exact) mass is 498 g/mol. The van der Waals surface area contributed by atoms with Crippen LogP contribution in [0.5, 0.6) is 0 Å². The molecule has 0 atom stereocenters. The van der Waals surface area contributed by atoms with E-state index in [1.165, 1.54) is 0 Å². The molecule has 0 aliphatic carbocycles. The zero-order chi connectivity index (χ0) is 26.5. The lowest BCUT2D eigenvalue weighted by atomic mass is 10.1. The minimum Gasteiger partial charge on any atom is -0.333 e. The Morgan fingerprint density at radius 2 is 1.76 bits per heavy atom. The van der Waals surface area contributed by atoms with Crippen molar-refractivity contribution in [1.29, 1.82) is 10.5 Å².